The van der Waals surface area contributed by atoms with Crippen LogP contribution in [0.5, 0.6) is 0 Å². The number of nitrogens with zero attached hydrogens (tertiary/aromatic N) is 2. The van der Waals surface area contributed by atoms with Crippen molar-refractivity contribution in [2.75, 3.05) is 32.8 Å². The summed E-state index contributed by atoms with van der Waals surface area (Å²) in [5.41, 5.74) is 0. The van der Waals surface area contributed by atoms with Gasteiger partial charge in [0.15, 0.2) is 0 Å². The van der Waals surface area contributed by atoms with E-state index in [0.29, 0.717) is 39.0 Å². The van der Waals surface area contributed by atoms with E-state index in [0.717, 1.165) is 0 Å². The van der Waals surface area contributed by atoms with E-state index in [4.69, 9.17) is 4.74 Å². The normalized spacial score (nSPS) is 29.5. The van der Waals surface area contributed by atoms with Gasteiger partial charge in [0.2, 0.25) is 0 Å². The molecule has 2 aliphatic heterocycles. The maximum absolute atomic E-state index is 12.7. The van der Waals surface area contributed by atoms with Crippen LogP contribution in [-0.2, 0) is 19.7 Å². The van der Waals surface area contributed by atoms with Crippen LogP contribution in [0.3, 0.4) is 0 Å². The maximum atomic E-state index is 12.7. The van der Waals surface area contributed by atoms with Gasteiger partial charge in [0.05, 0.1) is 6.61 Å². The van der Waals surface area contributed by atoms with Crippen LogP contribution in [0.1, 0.15) is 26.7 Å². The molecule has 0 aromatic carbocycles. The first-order valence-electron chi connectivity index (χ1n) is 7.13. The third-order valence-electron chi connectivity index (χ3n) is 3.72. The number of nitrogens with one attached hydrogen (secondary N) is 1. The van der Waals surface area contributed by atoms with E-state index in [-0.39, 0.29) is 12.6 Å². The third kappa shape index (κ3) is 3.13. The number of carbonyl (C=O) groups is 1. The SMILES string of the molecule is CCOC(=O)C1CCCN1S(=O)(=O)N1CCN[C@@H](C)C1. The molecule has 0 radical (unpaired) electrons. The fraction of sp³-hybridized carbons (Fsp3) is 0.917. The summed E-state index contributed by atoms with van der Waals surface area (Å²) in [5.74, 6) is -0.434. The summed E-state index contributed by atoms with van der Waals surface area (Å²) in [6.45, 7) is 5.86. The van der Waals surface area contributed by atoms with Crippen LogP contribution < -0.4 is 5.32 Å². The summed E-state index contributed by atoms with van der Waals surface area (Å²) in [4.78, 5) is 11.9. The molecule has 2 fully saturated rings. The summed E-state index contributed by atoms with van der Waals surface area (Å²) in [6, 6.07) is -0.535. The van der Waals surface area contributed by atoms with Crippen molar-refractivity contribution in [3.05, 3.63) is 0 Å². The smallest absolute Gasteiger partial charge is 0.324 e. The van der Waals surface area contributed by atoms with Gasteiger partial charge >= 0.3 is 5.97 Å². The first kappa shape index (κ1) is 15.7. The van der Waals surface area contributed by atoms with Gasteiger partial charge in [-0.15, -0.1) is 0 Å². The Morgan fingerprint density at radius 1 is 1.40 bits per heavy atom. The molecule has 0 aliphatic carbocycles. The first-order chi connectivity index (χ1) is 9.46. The first-order valence-corrected chi connectivity index (χ1v) is 8.53. The third-order valence-corrected chi connectivity index (χ3v) is 5.73. The van der Waals surface area contributed by atoms with Gasteiger partial charge in [-0.3, -0.25) is 4.79 Å². The molecule has 2 heterocycles. The van der Waals surface area contributed by atoms with E-state index in [1.54, 1.807) is 6.92 Å². The average Bonchev–Trinajstić information content (AvgIpc) is 2.89. The minimum absolute atomic E-state index is 0.127. The fourth-order valence-electron chi connectivity index (χ4n) is 2.75. The summed E-state index contributed by atoms with van der Waals surface area (Å²) < 4.78 is 33.1. The molecular weight excluding hydrogens is 282 g/mol. The van der Waals surface area contributed by atoms with Crippen LogP contribution >= 0.6 is 0 Å². The number of rotatable bonds is 4. The quantitative estimate of drug-likeness (QED) is 0.712. The Balaban J connectivity index is 2.13. The van der Waals surface area contributed by atoms with Crippen LogP contribution in [0.4, 0.5) is 0 Å². The molecule has 0 bridgehead atoms. The van der Waals surface area contributed by atoms with Crippen LogP contribution in [0.25, 0.3) is 0 Å². The van der Waals surface area contributed by atoms with Crippen LogP contribution in [0.15, 0.2) is 0 Å². The molecule has 2 atom stereocenters. The van der Waals surface area contributed by atoms with Crippen molar-refractivity contribution in [2.24, 2.45) is 0 Å². The highest BCUT2D eigenvalue weighted by molar-refractivity contribution is 7.86. The molecule has 2 saturated heterocycles. The number of esters is 1. The standard InChI is InChI=1S/C12H23N3O4S/c1-3-19-12(16)11-5-4-7-15(11)20(17,18)14-8-6-13-10(2)9-14/h10-11,13H,3-9H2,1-2H3/t10-,11?/m0/s1. The minimum Gasteiger partial charge on any atom is -0.465 e. The topological polar surface area (TPSA) is 79.0 Å². The van der Waals surface area contributed by atoms with Gasteiger partial charge < -0.3 is 10.1 Å². The molecule has 0 amide bonds. The molecule has 1 unspecified atom stereocenters. The zero-order chi connectivity index (χ0) is 14.8. The van der Waals surface area contributed by atoms with Gasteiger partial charge in [0.1, 0.15) is 6.04 Å². The molecule has 2 rings (SSSR count). The highest BCUT2D eigenvalue weighted by atomic mass is 32.2. The number of piperazine rings is 1. The van der Waals surface area contributed by atoms with Crippen molar-refractivity contribution in [3.63, 3.8) is 0 Å². The van der Waals surface area contributed by atoms with E-state index in [9.17, 15) is 13.2 Å². The highest BCUT2D eigenvalue weighted by Gasteiger charge is 2.43. The molecule has 0 spiro atoms. The lowest BCUT2D eigenvalue weighted by Gasteiger charge is -2.35. The summed E-state index contributed by atoms with van der Waals surface area (Å²) in [6.07, 6.45) is 1.24. The van der Waals surface area contributed by atoms with Crippen molar-refractivity contribution in [2.45, 2.75) is 38.8 Å². The Bertz CT molecular complexity index is 454. The number of ether oxygens (including phenoxy) is 1. The van der Waals surface area contributed by atoms with E-state index in [1.807, 2.05) is 6.92 Å². The number of hydrogen-bond donors (Lipinski definition) is 1. The Morgan fingerprint density at radius 2 is 2.15 bits per heavy atom. The Kier molecular flexibility index (Phi) is 5.00. The monoisotopic (exact) mass is 305 g/mol. The summed E-state index contributed by atoms with van der Waals surface area (Å²) in [7, 11) is -3.58. The lowest BCUT2D eigenvalue weighted by Crippen LogP contribution is -2.56. The maximum Gasteiger partial charge on any atom is 0.324 e. The predicted octanol–water partition coefficient (Wildman–Crippen LogP) is -0.448. The largest absolute Gasteiger partial charge is 0.465 e. The van der Waals surface area contributed by atoms with Gasteiger partial charge in [-0.1, -0.05) is 0 Å². The van der Waals surface area contributed by atoms with Crippen molar-refractivity contribution in [3.8, 4) is 0 Å². The Labute approximate surface area is 120 Å². The molecule has 116 valence electrons. The lowest BCUT2D eigenvalue weighted by molar-refractivity contribution is -0.146. The Morgan fingerprint density at radius 3 is 2.80 bits per heavy atom. The van der Waals surface area contributed by atoms with E-state index < -0.39 is 22.2 Å². The van der Waals surface area contributed by atoms with Gasteiger partial charge in [0.25, 0.3) is 10.2 Å². The molecule has 1 N–H and O–H groups in total. The highest BCUT2D eigenvalue weighted by Crippen LogP contribution is 2.25. The zero-order valence-corrected chi connectivity index (χ0v) is 12.9. The second kappa shape index (κ2) is 6.38. The molecule has 7 nitrogen and oxygen atoms in total. The van der Waals surface area contributed by atoms with Crippen molar-refractivity contribution in [1.29, 1.82) is 0 Å². The van der Waals surface area contributed by atoms with Gasteiger partial charge in [-0.25, -0.2) is 0 Å². The van der Waals surface area contributed by atoms with Crippen molar-refractivity contribution >= 4 is 16.2 Å². The zero-order valence-electron chi connectivity index (χ0n) is 12.0. The van der Waals surface area contributed by atoms with E-state index in [2.05, 4.69) is 5.32 Å². The van der Waals surface area contributed by atoms with Crippen LogP contribution in [0, 0.1) is 0 Å². The molecule has 8 heteroatoms. The lowest BCUT2D eigenvalue weighted by atomic mass is 10.2. The van der Waals surface area contributed by atoms with Gasteiger partial charge in [0, 0.05) is 32.2 Å². The molecular formula is C12H23N3O4S. The number of carbonyl (C=O) groups excluding carboxylic acids is 1. The second-order valence-electron chi connectivity index (χ2n) is 5.24. The van der Waals surface area contributed by atoms with Gasteiger partial charge in [-0.2, -0.15) is 17.0 Å². The molecule has 0 aromatic rings. The average molecular weight is 305 g/mol. The predicted molar refractivity (Wildman–Crippen MR) is 74.3 cm³/mol. The summed E-state index contributed by atoms with van der Waals surface area (Å²) >= 11 is 0. The van der Waals surface area contributed by atoms with E-state index >= 15 is 0 Å². The molecule has 2 aliphatic rings. The summed E-state index contributed by atoms with van der Waals surface area (Å²) in [5, 5.41) is 3.21. The second-order valence-corrected chi connectivity index (χ2v) is 7.12. The van der Waals surface area contributed by atoms with Crippen LogP contribution in [-0.4, -0.2) is 67.9 Å². The number of hydrogen-bond acceptors (Lipinski definition) is 5. The Hall–Kier alpha value is -0.700. The molecule has 20 heavy (non-hydrogen) atoms. The van der Waals surface area contributed by atoms with Crippen molar-refractivity contribution < 1.29 is 17.9 Å². The fourth-order valence-corrected chi connectivity index (χ4v) is 4.65. The van der Waals surface area contributed by atoms with Gasteiger partial charge in [-0.05, 0) is 26.7 Å². The minimum atomic E-state index is -3.58. The molecule has 0 saturated carbocycles. The van der Waals surface area contributed by atoms with Crippen LogP contribution in [0.2, 0.25) is 0 Å². The molecule has 0 aromatic heterocycles. The van der Waals surface area contributed by atoms with Crippen molar-refractivity contribution in [1.82, 2.24) is 13.9 Å². The van der Waals surface area contributed by atoms with E-state index in [1.165, 1.54) is 8.61 Å².